The van der Waals surface area contributed by atoms with Gasteiger partial charge in [-0.2, -0.15) is 11.3 Å². The van der Waals surface area contributed by atoms with Crippen molar-refractivity contribution < 1.29 is 10.1 Å². The van der Waals surface area contributed by atoms with Crippen LogP contribution in [0.25, 0.3) is 0 Å². The van der Waals surface area contributed by atoms with Gasteiger partial charge in [-0.05, 0) is 12.3 Å². The molecule has 1 aromatic rings. The molecule has 0 saturated carbocycles. The molecule has 1 rings (SSSR count). The second-order valence-corrected chi connectivity index (χ2v) is 3.07. The molecule has 0 aliphatic rings. The van der Waals surface area contributed by atoms with Crippen molar-refractivity contribution in [3.63, 3.8) is 0 Å². The van der Waals surface area contributed by atoms with Gasteiger partial charge in [0, 0.05) is 10.9 Å². The van der Waals surface area contributed by atoms with E-state index in [0.717, 1.165) is 5.56 Å². The minimum atomic E-state index is -0.334. The van der Waals surface area contributed by atoms with Gasteiger partial charge in [0.05, 0.1) is 5.02 Å². The summed E-state index contributed by atoms with van der Waals surface area (Å²) in [6, 6.07) is 0. The van der Waals surface area contributed by atoms with Crippen molar-refractivity contribution >= 4 is 22.9 Å². The van der Waals surface area contributed by atoms with Gasteiger partial charge in [-0.3, -0.25) is 5.26 Å². The number of hydrogen-bond acceptors (Lipinski definition) is 3. The lowest BCUT2D eigenvalue weighted by atomic mass is 10.2. The molecular weight excluding hydrogens is 172 g/mol. The summed E-state index contributed by atoms with van der Waals surface area (Å²) in [5, 5.41) is 12.6. The summed E-state index contributed by atoms with van der Waals surface area (Å²) in [6.45, 7) is 1.73. The SMILES string of the molecule is CC(OO)c1cscc1Cl. The van der Waals surface area contributed by atoms with E-state index in [1.54, 1.807) is 12.3 Å². The lowest BCUT2D eigenvalue weighted by Gasteiger charge is -2.03. The van der Waals surface area contributed by atoms with Crippen LogP contribution in [0.5, 0.6) is 0 Å². The number of thiophene rings is 1. The Hall–Kier alpha value is -0.0900. The molecule has 0 radical (unpaired) electrons. The molecular formula is C6H7ClO2S. The fraction of sp³-hybridized carbons (Fsp3) is 0.333. The molecule has 56 valence electrons. The van der Waals surface area contributed by atoms with Gasteiger partial charge in [0.15, 0.2) is 0 Å². The summed E-state index contributed by atoms with van der Waals surface area (Å²) >= 11 is 7.22. The molecule has 0 saturated heterocycles. The van der Waals surface area contributed by atoms with Crippen LogP contribution < -0.4 is 0 Å². The van der Waals surface area contributed by atoms with E-state index in [-0.39, 0.29) is 6.10 Å². The van der Waals surface area contributed by atoms with E-state index in [1.807, 2.05) is 5.38 Å². The van der Waals surface area contributed by atoms with Crippen LogP contribution in [-0.4, -0.2) is 5.26 Å². The van der Waals surface area contributed by atoms with Crippen molar-refractivity contribution in [2.24, 2.45) is 0 Å². The highest BCUT2D eigenvalue weighted by molar-refractivity contribution is 7.08. The van der Waals surface area contributed by atoms with Crippen molar-refractivity contribution in [1.29, 1.82) is 0 Å². The molecule has 1 N–H and O–H groups in total. The van der Waals surface area contributed by atoms with Gasteiger partial charge in [-0.1, -0.05) is 11.6 Å². The first-order valence-corrected chi connectivity index (χ1v) is 4.09. The smallest absolute Gasteiger partial charge is 0.117 e. The lowest BCUT2D eigenvalue weighted by molar-refractivity contribution is -0.276. The molecule has 10 heavy (non-hydrogen) atoms. The number of halogens is 1. The zero-order valence-corrected chi connectivity index (χ0v) is 6.95. The monoisotopic (exact) mass is 178 g/mol. The van der Waals surface area contributed by atoms with Crippen molar-refractivity contribution in [2.45, 2.75) is 13.0 Å². The third-order valence-electron chi connectivity index (χ3n) is 1.24. The predicted octanol–water partition coefficient (Wildman–Crippen LogP) is 2.95. The van der Waals surface area contributed by atoms with Crippen molar-refractivity contribution in [3.05, 3.63) is 21.3 Å². The number of rotatable bonds is 2. The predicted molar refractivity (Wildman–Crippen MR) is 41.5 cm³/mol. The summed E-state index contributed by atoms with van der Waals surface area (Å²) in [5.74, 6) is 0. The summed E-state index contributed by atoms with van der Waals surface area (Å²) in [6.07, 6.45) is -0.334. The normalized spacial score (nSPS) is 13.5. The van der Waals surface area contributed by atoms with Crippen LogP contribution in [0, 0.1) is 0 Å². The maximum Gasteiger partial charge on any atom is 0.117 e. The molecule has 0 fully saturated rings. The quantitative estimate of drug-likeness (QED) is 0.558. The topological polar surface area (TPSA) is 29.5 Å². The van der Waals surface area contributed by atoms with Crippen LogP contribution in [0.3, 0.4) is 0 Å². The van der Waals surface area contributed by atoms with E-state index in [2.05, 4.69) is 4.89 Å². The molecule has 2 nitrogen and oxygen atoms in total. The first-order chi connectivity index (χ1) is 4.75. The Labute approximate surface area is 67.9 Å². The van der Waals surface area contributed by atoms with Gasteiger partial charge in [-0.25, -0.2) is 4.89 Å². The Morgan fingerprint density at radius 3 is 2.80 bits per heavy atom. The van der Waals surface area contributed by atoms with Crippen LogP contribution in [0.15, 0.2) is 10.8 Å². The maximum atomic E-state index is 8.28. The number of hydrogen-bond donors (Lipinski definition) is 1. The second-order valence-electron chi connectivity index (χ2n) is 1.92. The van der Waals surface area contributed by atoms with Crippen LogP contribution >= 0.6 is 22.9 Å². The standard InChI is InChI=1S/C6H7ClO2S/c1-4(9-8)5-2-10-3-6(5)7/h2-4,8H,1H3. The molecule has 0 aromatic carbocycles. The van der Waals surface area contributed by atoms with Crippen LogP contribution in [0.4, 0.5) is 0 Å². The maximum absolute atomic E-state index is 8.28. The fourth-order valence-corrected chi connectivity index (χ4v) is 1.85. The highest BCUT2D eigenvalue weighted by atomic mass is 35.5. The van der Waals surface area contributed by atoms with E-state index < -0.39 is 0 Å². The minimum absolute atomic E-state index is 0.334. The van der Waals surface area contributed by atoms with E-state index in [0.29, 0.717) is 5.02 Å². The van der Waals surface area contributed by atoms with E-state index >= 15 is 0 Å². The van der Waals surface area contributed by atoms with Gasteiger partial charge >= 0.3 is 0 Å². The molecule has 1 heterocycles. The minimum Gasteiger partial charge on any atom is -0.251 e. The van der Waals surface area contributed by atoms with Crippen molar-refractivity contribution in [3.8, 4) is 0 Å². The second kappa shape index (κ2) is 3.34. The Morgan fingerprint density at radius 1 is 1.70 bits per heavy atom. The first-order valence-electron chi connectivity index (χ1n) is 2.77. The van der Waals surface area contributed by atoms with Gasteiger partial charge in [-0.15, -0.1) is 0 Å². The van der Waals surface area contributed by atoms with Gasteiger partial charge in [0.1, 0.15) is 6.10 Å². The van der Waals surface area contributed by atoms with Gasteiger partial charge in [0.2, 0.25) is 0 Å². The van der Waals surface area contributed by atoms with Crippen molar-refractivity contribution in [2.75, 3.05) is 0 Å². The first kappa shape index (κ1) is 8.01. The van der Waals surface area contributed by atoms with Gasteiger partial charge in [0.25, 0.3) is 0 Å². The average molecular weight is 179 g/mol. The van der Waals surface area contributed by atoms with Crippen molar-refractivity contribution in [1.82, 2.24) is 0 Å². The summed E-state index contributed by atoms with van der Waals surface area (Å²) in [7, 11) is 0. The van der Waals surface area contributed by atoms with E-state index in [1.165, 1.54) is 11.3 Å². The Bertz CT molecular complexity index is 211. The van der Waals surface area contributed by atoms with Crippen LogP contribution in [0.1, 0.15) is 18.6 Å². The molecule has 0 bridgehead atoms. The van der Waals surface area contributed by atoms with Crippen LogP contribution in [0.2, 0.25) is 5.02 Å². The third-order valence-corrected chi connectivity index (χ3v) is 2.46. The zero-order chi connectivity index (χ0) is 7.56. The Kier molecular flexibility index (Phi) is 2.68. The molecule has 1 unspecified atom stereocenters. The Balaban J connectivity index is 2.82. The highest BCUT2D eigenvalue weighted by Crippen LogP contribution is 2.27. The largest absolute Gasteiger partial charge is 0.251 e. The summed E-state index contributed by atoms with van der Waals surface area (Å²) in [4.78, 5) is 4.10. The highest BCUT2D eigenvalue weighted by Gasteiger charge is 2.09. The zero-order valence-electron chi connectivity index (χ0n) is 5.37. The lowest BCUT2D eigenvalue weighted by Crippen LogP contribution is -1.93. The molecule has 0 aliphatic carbocycles. The molecule has 1 atom stereocenters. The summed E-state index contributed by atoms with van der Waals surface area (Å²) < 4.78 is 0. The van der Waals surface area contributed by atoms with Crippen LogP contribution in [-0.2, 0) is 4.89 Å². The molecule has 0 aliphatic heterocycles. The van der Waals surface area contributed by atoms with E-state index in [9.17, 15) is 0 Å². The molecule has 0 amide bonds. The van der Waals surface area contributed by atoms with E-state index in [4.69, 9.17) is 16.9 Å². The average Bonchev–Trinajstić information content (AvgIpc) is 2.34. The molecule has 0 spiro atoms. The fourth-order valence-electron chi connectivity index (χ4n) is 0.638. The third kappa shape index (κ3) is 1.49. The molecule has 1 aromatic heterocycles. The summed E-state index contributed by atoms with van der Waals surface area (Å²) in [5.41, 5.74) is 0.828. The molecule has 4 heteroatoms. The Morgan fingerprint density at radius 2 is 2.40 bits per heavy atom. The van der Waals surface area contributed by atoms with Gasteiger partial charge < -0.3 is 0 Å².